The summed E-state index contributed by atoms with van der Waals surface area (Å²) in [7, 11) is 0. The van der Waals surface area contributed by atoms with Crippen molar-refractivity contribution in [3.63, 3.8) is 0 Å². The maximum Gasteiger partial charge on any atom is 0.321 e. The van der Waals surface area contributed by atoms with Gasteiger partial charge in [0.25, 0.3) is 0 Å². The van der Waals surface area contributed by atoms with Crippen LogP contribution in [-0.2, 0) is 4.79 Å². The third-order valence-electron chi connectivity index (χ3n) is 4.79. The second-order valence-electron chi connectivity index (χ2n) is 6.66. The third-order valence-corrected chi connectivity index (χ3v) is 4.79. The van der Waals surface area contributed by atoms with Crippen molar-refractivity contribution in [1.82, 2.24) is 15.1 Å². The van der Waals surface area contributed by atoms with Crippen molar-refractivity contribution in [3.05, 3.63) is 29.8 Å². The Labute approximate surface area is 143 Å². The Morgan fingerprint density at radius 2 is 1.92 bits per heavy atom. The normalized spacial score (nSPS) is 21.5. The molecule has 6 heteroatoms. The summed E-state index contributed by atoms with van der Waals surface area (Å²) in [5.74, 6) is 0.340. The fourth-order valence-corrected chi connectivity index (χ4v) is 3.38. The minimum Gasteiger partial charge on any atom is -0.339 e. The van der Waals surface area contributed by atoms with Crippen LogP contribution in [0.3, 0.4) is 0 Å². The van der Waals surface area contributed by atoms with Gasteiger partial charge in [-0.25, -0.2) is 4.79 Å². The zero-order chi connectivity index (χ0) is 16.9. The van der Waals surface area contributed by atoms with Gasteiger partial charge in [0.2, 0.25) is 5.91 Å². The van der Waals surface area contributed by atoms with Gasteiger partial charge >= 0.3 is 6.03 Å². The standard InChI is InChI=1S/C18H26N4O2/c1-14-4-2-6-16(12-14)20-18(24)22-10-8-21(9-11-22)17(23)15-5-3-7-19-13-15/h2,4,6,12,15,19H,3,5,7-11,13H2,1H3,(H,20,24). The number of rotatable bonds is 2. The van der Waals surface area contributed by atoms with E-state index >= 15 is 0 Å². The molecule has 1 aromatic carbocycles. The molecule has 1 atom stereocenters. The average Bonchev–Trinajstić information content (AvgIpc) is 2.62. The summed E-state index contributed by atoms with van der Waals surface area (Å²) < 4.78 is 0. The highest BCUT2D eigenvalue weighted by Crippen LogP contribution is 2.16. The molecule has 0 radical (unpaired) electrons. The smallest absolute Gasteiger partial charge is 0.321 e. The summed E-state index contributed by atoms with van der Waals surface area (Å²) in [6, 6.07) is 7.68. The Balaban J connectivity index is 1.49. The van der Waals surface area contributed by atoms with E-state index < -0.39 is 0 Å². The second kappa shape index (κ2) is 7.66. The van der Waals surface area contributed by atoms with Gasteiger partial charge in [0, 0.05) is 38.4 Å². The highest BCUT2D eigenvalue weighted by Gasteiger charge is 2.29. The molecule has 0 bridgehead atoms. The molecule has 2 saturated heterocycles. The fourth-order valence-electron chi connectivity index (χ4n) is 3.38. The number of hydrogen-bond acceptors (Lipinski definition) is 3. The van der Waals surface area contributed by atoms with Crippen molar-refractivity contribution in [2.75, 3.05) is 44.6 Å². The molecule has 2 aliphatic rings. The van der Waals surface area contributed by atoms with Crippen molar-refractivity contribution in [3.8, 4) is 0 Å². The maximum absolute atomic E-state index is 12.5. The minimum absolute atomic E-state index is 0.0907. The first-order valence-corrected chi connectivity index (χ1v) is 8.75. The van der Waals surface area contributed by atoms with Gasteiger partial charge in [-0.2, -0.15) is 0 Å². The molecule has 2 aliphatic heterocycles. The lowest BCUT2D eigenvalue weighted by Crippen LogP contribution is -2.54. The van der Waals surface area contributed by atoms with E-state index in [1.165, 1.54) is 0 Å². The maximum atomic E-state index is 12.5. The predicted molar refractivity (Wildman–Crippen MR) is 93.9 cm³/mol. The number of amides is 3. The molecular formula is C18H26N4O2. The number of aryl methyl sites for hydroxylation is 1. The first-order valence-electron chi connectivity index (χ1n) is 8.75. The summed E-state index contributed by atoms with van der Waals surface area (Å²) in [5, 5.41) is 6.23. The van der Waals surface area contributed by atoms with Crippen molar-refractivity contribution < 1.29 is 9.59 Å². The number of urea groups is 1. The number of nitrogens with zero attached hydrogens (tertiary/aromatic N) is 2. The van der Waals surface area contributed by atoms with Gasteiger partial charge < -0.3 is 20.4 Å². The minimum atomic E-state index is -0.0907. The predicted octanol–water partition coefficient (Wildman–Crippen LogP) is 1.67. The molecule has 1 unspecified atom stereocenters. The first kappa shape index (κ1) is 16.8. The number of anilines is 1. The fraction of sp³-hybridized carbons (Fsp3) is 0.556. The van der Waals surface area contributed by atoms with Gasteiger partial charge in [-0.05, 0) is 44.0 Å². The van der Waals surface area contributed by atoms with Crippen LogP contribution < -0.4 is 10.6 Å². The van der Waals surface area contributed by atoms with E-state index in [0.717, 1.165) is 37.2 Å². The SMILES string of the molecule is Cc1cccc(NC(=O)N2CCN(C(=O)C3CCCNC3)CC2)c1. The van der Waals surface area contributed by atoms with Gasteiger partial charge in [0.1, 0.15) is 0 Å². The average molecular weight is 330 g/mol. The molecular weight excluding hydrogens is 304 g/mol. The van der Waals surface area contributed by atoms with E-state index in [2.05, 4.69) is 10.6 Å². The molecule has 0 spiro atoms. The molecule has 3 amide bonds. The van der Waals surface area contributed by atoms with Crippen LogP contribution in [0.2, 0.25) is 0 Å². The summed E-state index contributed by atoms with van der Waals surface area (Å²) in [6.45, 7) is 6.21. The zero-order valence-electron chi connectivity index (χ0n) is 14.3. The monoisotopic (exact) mass is 330 g/mol. The van der Waals surface area contributed by atoms with E-state index in [4.69, 9.17) is 0 Å². The van der Waals surface area contributed by atoms with Crippen molar-refractivity contribution in [2.24, 2.45) is 5.92 Å². The Morgan fingerprint density at radius 1 is 1.17 bits per heavy atom. The Kier molecular flexibility index (Phi) is 5.35. The number of carbonyl (C=O) groups excluding carboxylic acids is 2. The Bertz CT molecular complexity index is 590. The van der Waals surface area contributed by atoms with Crippen LogP contribution in [0.25, 0.3) is 0 Å². The molecule has 0 aliphatic carbocycles. The lowest BCUT2D eigenvalue weighted by Gasteiger charge is -2.37. The number of piperazine rings is 1. The van der Waals surface area contributed by atoms with Crippen LogP contribution in [0.4, 0.5) is 10.5 Å². The van der Waals surface area contributed by atoms with Gasteiger partial charge in [-0.15, -0.1) is 0 Å². The van der Waals surface area contributed by atoms with E-state index in [0.29, 0.717) is 26.2 Å². The van der Waals surface area contributed by atoms with E-state index in [9.17, 15) is 9.59 Å². The third kappa shape index (κ3) is 4.06. The van der Waals surface area contributed by atoms with Crippen LogP contribution in [0.15, 0.2) is 24.3 Å². The zero-order valence-corrected chi connectivity index (χ0v) is 14.3. The van der Waals surface area contributed by atoms with E-state index in [1.807, 2.05) is 36.1 Å². The molecule has 3 rings (SSSR count). The summed E-state index contributed by atoms with van der Waals surface area (Å²) in [4.78, 5) is 28.6. The van der Waals surface area contributed by atoms with E-state index in [-0.39, 0.29) is 17.9 Å². The summed E-state index contributed by atoms with van der Waals surface area (Å²) in [5.41, 5.74) is 1.93. The van der Waals surface area contributed by atoms with Crippen LogP contribution in [-0.4, -0.2) is 61.0 Å². The molecule has 2 N–H and O–H groups in total. The number of nitrogens with one attached hydrogen (secondary N) is 2. The number of hydrogen-bond donors (Lipinski definition) is 2. The lowest BCUT2D eigenvalue weighted by molar-refractivity contribution is -0.137. The van der Waals surface area contributed by atoms with Gasteiger partial charge in [-0.1, -0.05) is 12.1 Å². The number of carbonyl (C=O) groups is 2. The van der Waals surface area contributed by atoms with Gasteiger partial charge in [0.05, 0.1) is 5.92 Å². The first-order chi connectivity index (χ1) is 11.6. The number of piperidine rings is 1. The van der Waals surface area contributed by atoms with Crippen molar-refractivity contribution >= 4 is 17.6 Å². The van der Waals surface area contributed by atoms with Gasteiger partial charge in [0.15, 0.2) is 0 Å². The molecule has 0 aromatic heterocycles. The van der Waals surface area contributed by atoms with Crippen LogP contribution >= 0.6 is 0 Å². The quantitative estimate of drug-likeness (QED) is 0.867. The van der Waals surface area contributed by atoms with Crippen LogP contribution in [0.1, 0.15) is 18.4 Å². The van der Waals surface area contributed by atoms with E-state index in [1.54, 1.807) is 4.90 Å². The number of benzene rings is 1. The van der Waals surface area contributed by atoms with Crippen molar-refractivity contribution in [2.45, 2.75) is 19.8 Å². The summed E-state index contributed by atoms with van der Waals surface area (Å²) >= 11 is 0. The summed E-state index contributed by atoms with van der Waals surface area (Å²) in [6.07, 6.45) is 2.04. The molecule has 2 fully saturated rings. The van der Waals surface area contributed by atoms with Crippen LogP contribution in [0.5, 0.6) is 0 Å². The Hall–Kier alpha value is -2.08. The topological polar surface area (TPSA) is 64.7 Å². The largest absolute Gasteiger partial charge is 0.339 e. The van der Waals surface area contributed by atoms with Crippen molar-refractivity contribution in [1.29, 1.82) is 0 Å². The highest BCUT2D eigenvalue weighted by molar-refractivity contribution is 5.89. The molecule has 1 aromatic rings. The highest BCUT2D eigenvalue weighted by atomic mass is 16.2. The Morgan fingerprint density at radius 3 is 2.58 bits per heavy atom. The molecule has 0 saturated carbocycles. The molecule has 130 valence electrons. The second-order valence-corrected chi connectivity index (χ2v) is 6.66. The van der Waals surface area contributed by atoms with Crippen LogP contribution in [0, 0.1) is 12.8 Å². The van der Waals surface area contributed by atoms with Gasteiger partial charge in [-0.3, -0.25) is 4.79 Å². The molecule has 6 nitrogen and oxygen atoms in total. The molecule has 2 heterocycles. The molecule has 24 heavy (non-hydrogen) atoms. The lowest BCUT2D eigenvalue weighted by atomic mass is 9.98.